The van der Waals surface area contributed by atoms with E-state index in [0.717, 1.165) is 44.9 Å². The van der Waals surface area contributed by atoms with Gasteiger partial charge in [-0.2, -0.15) is 0 Å². The van der Waals surface area contributed by atoms with E-state index in [9.17, 15) is 14.7 Å². The first kappa shape index (κ1) is 15.7. The fourth-order valence-electron chi connectivity index (χ4n) is 7.39. The second kappa shape index (κ2) is 5.07. The molecular formula is C20H30O3. The van der Waals surface area contributed by atoms with Crippen molar-refractivity contribution in [3.63, 3.8) is 0 Å². The van der Waals surface area contributed by atoms with Crippen LogP contribution in [0.3, 0.4) is 0 Å². The summed E-state index contributed by atoms with van der Waals surface area (Å²) in [6, 6.07) is 0. The van der Waals surface area contributed by atoms with Crippen LogP contribution < -0.4 is 0 Å². The fraction of sp³-hybridized carbons (Fsp3) is 0.900. The number of carboxylic acid groups (broad SMARTS) is 1. The van der Waals surface area contributed by atoms with Gasteiger partial charge >= 0.3 is 5.97 Å². The highest BCUT2D eigenvalue weighted by molar-refractivity contribution is 5.79. The number of carbonyl (C=O) groups excluding carboxylic acids is 1. The zero-order valence-corrected chi connectivity index (χ0v) is 14.5. The van der Waals surface area contributed by atoms with Crippen molar-refractivity contribution in [3.8, 4) is 0 Å². The Kier molecular flexibility index (Phi) is 3.45. The molecule has 0 heterocycles. The average molecular weight is 318 g/mol. The minimum Gasteiger partial charge on any atom is -0.481 e. The fourth-order valence-corrected chi connectivity index (χ4v) is 7.39. The maximum atomic E-state index is 11.9. The Morgan fingerprint density at radius 2 is 1.83 bits per heavy atom. The highest BCUT2D eigenvalue weighted by Crippen LogP contribution is 2.67. The standard InChI is InChI=1S/C20H30O3/c1-19-8-6-15(18(22)23)17(19)14-4-3-12-11-13(21)5-10-20(12,2)16(14)7-9-19/h12,14-17H,3-11H2,1-2H3,(H,22,23)/t12-,14+,15?,16-,17+,19-,20-/m0/s1. The molecule has 0 spiro atoms. The number of fused-ring (bicyclic) bond motifs is 5. The smallest absolute Gasteiger partial charge is 0.306 e. The number of aliphatic carboxylic acids is 1. The van der Waals surface area contributed by atoms with Crippen LogP contribution in [0.1, 0.15) is 71.6 Å². The van der Waals surface area contributed by atoms with Crippen LogP contribution in [0, 0.1) is 40.4 Å². The molecule has 7 atom stereocenters. The predicted molar refractivity (Wildman–Crippen MR) is 87.9 cm³/mol. The molecule has 0 aromatic rings. The molecule has 0 radical (unpaired) electrons. The van der Waals surface area contributed by atoms with Crippen LogP contribution in [0.25, 0.3) is 0 Å². The zero-order chi connectivity index (χ0) is 16.4. The van der Waals surface area contributed by atoms with E-state index in [1.54, 1.807) is 0 Å². The molecule has 1 N–H and O–H groups in total. The van der Waals surface area contributed by atoms with E-state index in [4.69, 9.17) is 0 Å². The largest absolute Gasteiger partial charge is 0.481 e. The summed E-state index contributed by atoms with van der Waals surface area (Å²) in [6.45, 7) is 4.78. The first-order valence-electron chi connectivity index (χ1n) is 9.60. The molecule has 128 valence electrons. The maximum Gasteiger partial charge on any atom is 0.306 e. The summed E-state index contributed by atoms with van der Waals surface area (Å²) in [5.74, 6) is 1.91. The summed E-state index contributed by atoms with van der Waals surface area (Å²) >= 11 is 0. The second-order valence-corrected chi connectivity index (χ2v) is 9.50. The summed E-state index contributed by atoms with van der Waals surface area (Å²) in [4.78, 5) is 23.8. The van der Waals surface area contributed by atoms with Crippen molar-refractivity contribution in [2.45, 2.75) is 71.6 Å². The van der Waals surface area contributed by atoms with E-state index in [-0.39, 0.29) is 16.7 Å². The van der Waals surface area contributed by atoms with Gasteiger partial charge in [-0.05, 0) is 79.4 Å². The van der Waals surface area contributed by atoms with Gasteiger partial charge in [0.05, 0.1) is 5.92 Å². The first-order valence-corrected chi connectivity index (χ1v) is 9.60. The van der Waals surface area contributed by atoms with E-state index in [1.807, 2.05) is 0 Å². The van der Waals surface area contributed by atoms with Crippen LogP contribution >= 0.6 is 0 Å². The topological polar surface area (TPSA) is 54.4 Å². The Hall–Kier alpha value is -0.860. The number of rotatable bonds is 1. The third-order valence-electron chi connectivity index (χ3n) is 8.63. The van der Waals surface area contributed by atoms with Gasteiger partial charge in [-0.3, -0.25) is 9.59 Å². The van der Waals surface area contributed by atoms with Gasteiger partial charge < -0.3 is 5.11 Å². The van der Waals surface area contributed by atoms with Crippen LogP contribution in [-0.2, 0) is 9.59 Å². The lowest BCUT2D eigenvalue weighted by atomic mass is 9.44. The van der Waals surface area contributed by atoms with E-state index in [1.165, 1.54) is 12.8 Å². The summed E-state index contributed by atoms with van der Waals surface area (Å²) in [5.41, 5.74) is 0.529. The monoisotopic (exact) mass is 318 g/mol. The van der Waals surface area contributed by atoms with Gasteiger partial charge in [-0.25, -0.2) is 0 Å². The Bertz CT molecular complexity index is 541. The van der Waals surface area contributed by atoms with Gasteiger partial charge in [0.2, 0.25) is 0 Å². The average Bonchev–Trinajstić information content (AvgIpc) is 2.86. The Labute approximate surface area is 139 Å². The Balaban J connectivity index is 1.67. The highest BCUT2D eigenvalue weighted by Gasteiger charge is 2.61. The molecule has 23 heavy (non-hydrogen) atoms. The molecule has 0 aromatic carbocycles. The molecule has 3 heteroatoms. The number of Topliss-reactive ketones (excluding diaryl/α,β-unsaturated/α-hetero) is 1. The van der Waals surface area contributed by atoms with Crippen LogP contribution in [-0.4, -0.2) is 16.9 Å². The highest BCUT2D eigenvalue weighted by atomic mass is 16.4. The lowest BCUT2D eigenvalue weighted by Crippen LogP contribution is -2.54. The van der Waals surface area contributed by atoms with Crippen molar-refractivity contribution in [2.75, 3.05) is 0 Å². The van der Waals surface area contributed by atoms with Gasteiger partial charge in [0.1, 0.15) is 5.78 Å². The Morgan fingerprint density at radius 1 is 1.09 bits per heavy atom. The molecule has 0 aliphatic heterocycles. The van der Waals surface area contributed by atoms with Gasteiger partial charge in [0.25, 0.3) is 0 Å². The summed E-state index contributed by atoms with van der Waals surface area (Å²) in [5, 5.41) is 9.74. The number of hydrogen-bond acceptors (Lipinski definition) is 2. The zero-order valence-electron chi connectivity index (χ0n) is 14.5. The summed E-state index contributed by atoms with van der Waals surface area (Å²) < 4.78 is 0. The normalized spacial score (nSPS) is 52.4. The molecule has 0 saturated heterocycles. The van der Waals surface area contributed by atoms with Crippen molar-refractivity contribution < 1.29 is 14.7 Å². The van der Waals surface area contributed by atoms with Crippen LogP contribution in [0.4, 0.5) is 0 Å². The predicted octanol–water partition coefficient (Wildman–Crippen LogP) is 4.30. The quantitative estimate of drug-likeness (QED) is 0.784. The van der Waals surface area contributed by atoms with Crippen LogP contribution in [0.15, 0.2) is 0 Å². The second-order valence-electron chi connectivity index (χ2n) is 9.50. The minimum absolute atomic E-state index is 0.127. The molecule has 4 rings (SSSR count). The van der Waals surface area contributed by atoms with Crippen molar-refractivity contribution >= 4 is 11.8 Å². The molecule has 4 aliphatic rings. The molecule has 3 nitrogen and oxygen atoms in total. The molecule has 4 saturated carbocycles. The first-order chi connectivity index (χ1) is 10.8. The van der Waals surface area contributed by atoms with Gasteiger partial charge in [-0.1, -0.05) is 13.8 Å². The number of carboxylic acids is 1. The van der Waals surface area contributed by atoms with Gasteiger partial charge in [0.15, 0.2) is 0 Å². The molecule has 1 unspecified atom stereocenters. The minimum atomic E-state index is -0.564. The molecular weight excluding hydrogens is 288 g/mol. The summed E-state index contributed by atoms with van der Waals surface area (Å²) in [7, 11) is 0. The van der Waals surface area contributed by atoms with Crippen molar-refractivity contribution in [1.82, 2.24) is 0 Å². The lowest BCUT2D eigenvalue weighted by Gasteiger charge is -2.60. The Morgan fingerprint density at radius 3 is 2.57 bits per heavy atom. The third kappa shape index (κ3) is 2.14. The SMILES string of the molecule is C[C@@]12CCC(C(=O)O)[C@H]1[C@@H]1CC[C@H]3CC(=O)CC[C@]3(C)[C@H]1CC2. The van der Waals surface area contributed by atoms with Crippen molar-refractivity contribution in [3.05, 3.63) is 0 Å². The number of carbonyl (C=O) groups is 2. The number of hydrogen-bond donors (Lipinski definition) is 1. The van der Waals surface area contributed by atoms with E-state index in [0.29, 0.717) is 29.5 Å². The van der Waals surface area contributed by atoms with Crippen molar-refractivity contribution in [2.24, 2.45) is 40.4 Å². The van der Waals surface area contributed by atoms with Crippen molar-refractivity contribution in [1.29, 1.82) is 0 Å². The molecule has 4 aliphatic carbocycles. The van der Waals surface area contributed by atoms with E-state index in [2.05, 4.69) is 13.8 Å². The lowest BCUT2D eigenvalue weighted by molar-refractivity contribution is -0.154. The molecule has 4 fully saturated rings. The third-order valence-corrected chi connectivity index (χ3v) is 8.63. The summed E-state index contributed by atoms with van der Waals surface area (Å²) in [6.07, 6.45) is 9.28. The van der Waals surface area contributed by atoms with Gasteiger partial charge in [0, 0.05) is 12.8 Å². The van der Waals surface area contributed by atoms with E-state index < -0.39 is 5.97 Å². The molecule has 0 bridgehead atoms. The number of ketones is 1. The molecule has 0 amide bonds. The maximum absolute atomic E-state index is 11.9. The van der Waals surface area contributed by atoms with Crippen LogP contribution in [0.2, 0.25) is 0 Å². The van der Waals surface area contributed by atoms with E-state index >= 15 is 0 Å². The van der Waals surface area contributed by atoms with Crippen LogP contribution in [0.5, 0.6) is 0 Å². The molecule has 0 aromatic heterocycles. The van der Waals surface area contributed by atoms with Gasteiger partial charge in [-0.15, -0.1) is 0 Å².